The van der Waals surface area contributed by atoms with Crippen LogP contribution in [0.15, 0.2) is 22.9 Å². The Labute approximate surface area is 137 Å². The summed E-state index contributed by atoms with van der Waals surface area (Å²) in [5, 5.41) is 4.00. The van der Waals surface area contributed by atoms with E-state index < -0.39 is 6.61 Å². The summed E-state index contributed by atoms with van der Waals surface area (Å²) in [5.74, 6) is 0.601. The molecule has 3 rings (SSSR count). The fourth-order valence-electron chi connectivity index (χ4n) is 2.14. The lowest BCUT2D eigenvalue weighted by Gasteiger charge is -2.11. The first kappa shape index (κ1) is 15.5. The van der Waals surface area contributed by atoms with Gasteiger partial charge >= 0.3 is 6.61 Å². The van der Waals surface area contributed by atoms with Gasteiger partial charge in [0, 0.05) is 23.4 Å². The molecule has 0 unspecified atom stereocenters. The normalized spacial score (nSPS) is 11.3. The Morgan fingerprint density at radius 3 is 2.87 bits per heavy atom. The molecule has 0 radical (unpaired) electrons. The summed E-state index contributed by atoms with van der Waals surface area (Å²) in [6.07, 6.45) is 1.65. The largest absolute Gasteiger partial charge is 0.416 e. The van der Waals surface area contributed by atoms with Crippen molar-refractivity contribution in [3.05, 3.63) is 39.9 Å². The zero-order valence-electron chi connectivity index (χ0n) is 11.9. The molecule has 2 N–H and O–H groups in total. The average molecular weight is 385 g/mol. The van der Waals surface area contributed by atoms with Gasteiger partial charge in [0.15, 0.2) is 0 Å². The van der Waals surface area contributed by atoms with Crippen molar-refractivity contribution >= 4 is 27.5 Å². The predicted molar refractivity (Wildman–Crippen MR) is 81.3 cm³/mol. The zero-order chi connectivity index (χ0) is 16.6. The quantitative estimate of drug-likeness (QED) is 0.742. The van der Waals surface area contributed by atoms with Crippen LogP contribution in [0.5, 0.6) is 5.88 Å². The van der Waals surface area contributed by atoms with E-state index in [1.807, 2.05) is 0 Å². The van der Waals surface area contributed by atoms with Crippen LogP contribution in [0.1, 0.15) is 17.0 Å². The van der Waals surface area contributed by atoms with E-state index >= 15 is 0 Å². The monoisotopic (exact) mass is 384 g/mol. The average Bonchev–Trinajstić information content (AvgIpc) is 2.94. The molecule has 0 aliphatic carbocycles. The van der Waals surface area contributed by atoms with Crippen LogP contribution in [0.4, 0.5) is 14.6 Å². The molecule has 0 aliphatic rings. The summed E-state index contributed by atoms with van der Waals surface area (Å²) >= 11 is 3.12. The third kappa shape index (κ3) is 3.07. The van der Waals surface area contributed by atoms with E-state index in [2.05, 4.69) is 40.7 Å². The second-order valence-corrected chi connectivity index (χ2v) is 5.53. The molecule has 3 heterocycles. The zero-order valence-corrected chi connectivity index (χ0v) is 13.5. The molecule has 23 heavy (non-hydrogen) atoms. The molecular weight excluding hydrogens is 374 g/mol. The molecule has 0 amide bonds. The number of ether oxygens (including phenoxy) is 1. The van der Waals surface area contributed by atoms with Gasteiger partial charge in [0.1, 0.15) is 12.1 Å². The summed E-state index contributed by atoms with van der Waals surface area (Å²) in [6, 6.07) is 3.28. The summed E-state index contributed by atoms with van der Waals surface area (Å²) in [5.41, 5.74) is 7.97. The summed E-state index contributed by atoms with van der Waals surface area (Å²) in [4.78, 5) is 12.4. The van der Waals surface area contributed by atoms with E-state index in [9.17, 15) is 8.78 Å². The maximum absolute atomic E-state index is 12.4. The Kier molecular flexibility index (Phi) is 4.07. The Morgan fingerprint density at radius 1 is 1.35 bits per heavy atom. The van der Waals surface area contributed by atoms with Gasteiger partial charge in [0.25, 0.3) is 5.78 Å². The highest BCUT2D eigenvalue weighted by Crippen LogP contribution is 2.26. The lowest BCUT2D eigenvalue weighted by atomic mass is 10.1. The standard InChI is InChI=1S/C13H11BrF2N6O/c1-6-8(10(17)22-13(20-6)18-5-19-22)4-7-2-3-9(14)11(21-7)23-12(15)16/h2-3,5,12H,4,17H2,1H3. The molecule has 0 atom stereocenters. The lowest BCUT2D eigenvalue weighted by molar-refractivity contribution is -0.0534. The van der Waals surface area contributed by atoms with Crippen molar-refractivity contribution < 1.29 is 13.5 Å². The molecule has 0 aliphatic heterocycles. The van der Waals surface area contributed by atoms with Crippen LogP contribution in [0.2, 0.25) is 0 Å². The highest BCUT2D eigenvalue weighted by atomic mass is 79.9. The van der Waals surface area contributed by atoms with Gasteiger partial charge in [-0.2, -0.15) is 23.4 Å². The Balaban J connectivity index is 1.99. The second-order valence-electron chi connectivity index (χ2n) is 4.68. The molecule has 0 saturated heterocycles. The van der Waals surface area contributed by atoms with Gasteiger partial charge in [0.05, 0.1) is 4.47 Å². The lowest BCUT2D eigenvalue weighted by Crippen LogP contribution is -2.10. The first-order valence-electron chi connectivity index (χ1n) is 6.50. The summed E-state index contributed by atoms with van der Waals surface area (Å²) in [7, 11) is 0. The second kappa shape index (κ2) is 6.03. The fraction of sp³-hybridized carbons (Fsp3) is 0.231. The maximum Gasteiger partial charge on any atom is 0.388 e. The molecule has 3 aromatic rings. The molecule has 0 spiro atoms. The van der Waals surface area contributed by atoms with Gasteiger partial charge in [-0.25, -0.2) is 9.97 Å². The smallest absolute Gasteiger partial charge is 0.388 e. The predicted octanol–water partition coefficient (Wildman–Crippen LogP) is 2.36. The van der Waals surface area contributed by atoms with E-state index in [4.69, 9.17) is 5.73 Å². The van der Waals surface area contributed by atoms with Crippen LogP contribution in [0.25, 0.3) is 5.78 Å². The number of hydrogen-bond acceptors (Lipinski definition) is 6. The number of hydrogen-bond donors (Lipinski definition) is 1. The van der Waals surface area contributed by atoms with Crippen LogP contribution in [-0.2, 0) is 6.42 Å². The Hall–Kier alpha value is -2.36. The summed E-state index contributed by atoms with van der Waals surface area (Å²) in [6.45, 7) is -1.16. The number of anilines is 1. The SMILES string of the molecule is Cc1nc2ncnn2c(N)c1Cc1ccc(Br)c(OC(F)F)n1. The number of pyridine rings is 1. The van der Waals surface area contributed by atoms with Gasteiger partial charge in [0.2, 0.25) is 5.88 Å². The van der Waals surface area contributed by atoms with Crippen molar-refractivity contribution in [2.45, 2.75) is 20.0 Å². The van der Waals surface area contributed by atoms with Gasteiger partial charge in [-0.1, -0.05) is 0 Å². The number of rotatable bonds is 4. The minimum Gasteiger partial charge on any atom is -0.416 e. The van der Waals surface area contributed by atoms with E-state index in [1.165, 1.54) is 10.8 Å². The maximum atomic E-state index is 12.4. The molecule has 0 saturated carbocycles. The molecule has 0 fully saturated rings. The van der Waals surface area contributed by atoms with Gasteiger partial charge < -0.3 is 10.5 Å². The van der Waals surface area contributed by atoms with Gasteiger partial charge in [-0.3, -0.25) is 0 Å². The minimum absolute atomic E-state index is 0.177. The van der Waals surface area contributed by atoms with Crippen molar-refractivity contribution in [1.82, 2.24) is 24.6 Å². The fourth-order valence-corrected chi connectivity index (χ4v) is 2.45. The van der Waals surface area contributed by atoms with E-state index in [1.54, 1.807) is 19.1 Å². The van der Waals surface area contributed by atoms with Crippen LogP contribution >= 0.6 is 15.9 Å². The van der Waals surface area contributed by atoms with Crippen LogP contribution < -0.4 is 10.5 Å². The van der Waals surface area contributed by atoms with Crippen molar-refractivity contribution in [2.24, 2.45) is 0 Å². The Morgan fingerprint density at radius 2 is 2.13 bits per heavy atom. The Bertz CT molecular complexity index is 869. The first-order chi connectivity index (χ1) is 11.0. The van der Waals surface area contributed by atoms with E-state index in [0.29, 0.717) is 39.4 Å². The van der Waals surface area contributed by atoms with Gasteiger partial charge in [-0.05, 0) is 35.0 Å². The molecule has 3 aromatic heterocycles. The van der Waals surface area contributed by atoms with E-state index in [0.717, 1.165) is 0 Å². The van der Waals surface area contributed by atoms with Gasteiger partial charge in [-0.15, -0.1) is 0 Å². The third-order valence-electron chi connectivity index (χ3n) is 3.20. The topological polar surface area (TPSA) is 91.2 Å². The third-order valence-corrected chi connectivity index (χ3v) is 3.81. The number of nitrogen functional groups attached to an aromatic ring is 1. The van der Waals surface area contributed by atoms with Crippen molar-refractivity contribution in [2.75, 3.05) is 5.73 Å². The number of nitrogens with zero attached hydrogens (tertiary/aromatic N) is 5. The van der Waals surface area contributed by atoms with Crippen molar-refractivity contribution in [1.29, 1.82) is 0 Å². The molecular formula is C13H11BrF2N6O. The number of aromatic nitrogens is 5. The molecule has 0 aromatic carbocycles. The molecule has 0 bridgehead atoms. The molecule has 7 nitrogen and oxygen atoms in total. The van der Waals surface area contributed by atoms with Crippen LogP contribution in [-0.4, -0.2) is 31.2 Å². The summed E-state index contributed by atoms with van der Waals surface area (Å²) < 4.78 is 30.9. The van der Waals surface area contributed by atoms with Crippen LogP contribution in [0.3, 0.4) is 0 Å². The number of halogens is 3. The van der Waals surface area contributed by atoms with Crippen LogP contribution in [0, 0.1) is 6.92 Å². The number of fused-ring (bicyclic) bond motifs is 1. The minimum atomic E-state index is -2.95. The highest BCUT2D eigenvalue weighted by Gasteiger charge is 2.15. The number of nitrogens with two attached hydrogens (primary N) is 1. The first-order valence-corrected chi connectivity index (χ1v) is 7.30. The van der Waals surface area contributed by atoms with E-state index in [-0.39, 0.29) is 5.88 Å². The molecule has 10 heteroatoms. The molecule has 120 valence electrons. The van der Waals surface area contributed by atoms with Crippen molar-refractivity contribution in [3.8, 4) is 5.88 Å². The number of aryl methyl sites for hydroxylation is 1. The highest BCUT2D eigenvalue weighted by molar-refractivity contribution is 9.10. The number of alkyl halides is 2. The van der Waals surface area contributed by atoms with Crippen molar-refractivity contribution in [3.63, 3.8) is 0 Å².